The summed E-state index contributed by atoms with van der Waals surface area (Å²) in [7, 11) is 0. The molecular formula is C50H62HfSi. The van der Waals surface area contributed by atoms with E-state index in [4.69, 9.17) is 0 Å². The summed E-state index contributed by atoms with van der Waals surface area (Å²) in [5.41, 5.74) is 16.3. The molecule has 0 heterocycles. The van der Waals surface area contributed by atoms with Gasteiger partial charge in [0, 0.05) is 0 Å². The summed E-state index contributed by atoms with van der Waals surface area (Å²) in [6, 6.07) is 33.6. The van der Waals surface area contributed by atoms with Crippen molar-refractivity contribution >= 4 is 17.6 Å². The molecule has 4 aliphatic rings. The maximum atomic E-state index is 3.04. The van der Waals surface area contributed by atoms with Gasteiger partial charge in [0.1, 0.15) is 0 Å². The minimum atomic E-state index is -4.09. The van der Waals surface area contributed by atoms with Crippen molar-refractivity contribution in [1.29, 1.82) is 0 Å². The van der Waals surface area contributed by atoms with Gasteiger partial charge in [-0.25, -0.2) is 0 Å². The van der Waals surface area contributed by atoms with Crippen molar-refractivity contribution < 1.29 is 17.1 Å². The minimum absolute atomic E-state index is 0.129. The molecule has 8 rings (SSSR count). The fraction of sp³-hybridized carbons (Fsp3) is 0.440. The van der Waals surface area contributed by atoms with Gasteiger partial charge in [-0.05, 0) is 0 Å². The van der Waals surface area contributed by atoms with Gasteiger partial charge in [0.15, 0.2) is 0 Å². The third-order valence-electron chi connectivity index (χ3n) is 14.4. The van der Waals surface area contributed by atoms with Crippen LogP contribution in [0.3, 0.4) is 0 Å². The Bertz CT molecular complexity index is 2000. The van der Waals surface area contributed by atoms with E-state index in [1.807, 2.05) is 0 Å². The molecule has 0 aromatic heterocycles. The second-order valence-electron chi connectivity index (χ2n) is 20.0. The van der Waals surface area contributed by atoms with Crippen molar-refractivity contribution in [3.63, 3.8) is 0 Å². The molecule has 0 bridgehead atoms. The Labute approximate surface area is 316 Å². The molecule has 4 aliphatic carbocycles. The Morgan fingerprint density at radius 1 is 0.519 bits per heavy atom. The van der Waals surface area contributed by atoms with Gasteiger partial charge < -0.3 is 0 Å². The molecule has 0 spiro atoms. The van der Waals surface area contributed by atoms with E-state index in [2.05, 4.69) is 160 Å². The first-order valence-electron chi connectivity index (χ1n) is 20.7. The predicted octanol–water partition coefficient (Wildman–Crippen LogP) is 15.1. The van der Waals surface area contributed by atoms with Crippen molar-refractivity contribution in [2.75, 3.05) is 0 Å². The summed E-state index contributed by atoms with van der Waals surface area (Å²) >= 11 is -4.09. The maximum absolute atomic E-state index is 4.09. The first-order chi connectivity index (χ1) is 24.7. The van der Waals surface area contributed by atoms with Crippen LogP contribution in [0.2, 0.25) is 20.4 Å². The molecule has 0 N–H and O–H groups in total. The van der Waals surface area contributed by atoms with E-state index in [1.54, 1.807) is 11.1 Å². The molecular weight excluding hydrogens is 807 g/mol. The van der Waals surface area contributed by atoms with Crippen LogP contribution in [0, 0.1) is 0 Å². The van der Waals surface area contributed by atoms with Crippen molar-refractivity contribution in [3.05, 3.63) is 130 Å². The second kappa shape index (κ2) is 13.3. The van der Waals surface area contributed by atoms with E-state index in [-0.39, 0.29) is 10.8 Å². The van der Waals surface area contributed by atoms with Gasteiger partial charge in [0.05, 0.1) is 0 Å². The SMILES string of the molecule is CC(C)(C)c1cccc(-c2cccc3c2C=C[CH]3[Hf]([CH3])([CH3])([CH]2C=Cc3c(-c4cccc(C(C)(C)C)c4)cccc32)=[Si](C2CCCC2)C2CCCC2)c1. The molecule has 52 heavy (non-hydrogen) atoms. The number of allylic oxidation sites excluding steroid dienone is 2. The molecule has 270 valence electrons. The van der Waals surface area contributed by atoms with Crippen molar-refractivity contribution in [2.24, 2.45) is 0 Å². The quantitative estimate of drug-likeness (QED) is 0.169. The van der Waals surface area contributed by atoms with Gasteiger partial charge in [0.25, 0.3) is 0 Å². The molecule has 2 fully saturated rings. The van der Waals surface area contributed by atoms with Gasteiger partial charge >= 0.3 is 319 Å². The number of hydrogen-bond acceptors (Lipinski definition) is 0. The normalized spacial score (nSPS) is 20.9. The van der Waals surface area contributed by atoms with Crippen LogP contribution in [-0.4, -0.2) is 5.49 Å². The fourth-order valence-electron chi connectivity index (χ4n) is 11.7. The summed E-state index contributed by atoms with van der Waals surface area (Å²) in [6.07, 6.45) is 22.5. The number of benzene rings is 4. The van der Waals surface area contributed by atoms with Gasteiger partial charge in [-0.1, -0.05) is 0 Å². The van der Waals surface area contributed by atoms with E-state index in [0.29, 0.717) is 7.35 Å². The Morgan fingerprint density at radius 2 is 0.904 bits per heavy atom. The van der Waals surface area contributed by atoms with Crippen molar-refractivity contribution in [2.45, 2.75) is 132 Å². The summed E-state index contributed by atoms with van der Waals surface area (Å²) in [5.74, 6) is 0. The van der Waals surface area contributed by atoms with Crippen LogP contribution in [-0.2, 0) is 28.0 Å². The molecule has 0 saturated heterocycles. The first kappa shape index (κ1) is 36.4. The first-order valence-corrected chi connectivity index (χ1v) is 39.0. The van der Waals surface area contributed by atoms with E-state index >= 15 is 0 Å². The van der Waals surface area contributed by atoms with Crippen LogP contribution in [0.4, 0.5) is 0 Å². The zero-order chi connectivity index (χ0) is 36.5. The Balaban J connectivity index is 1.35. The molecule has 4 aromatic rings. The third-order valence-corrected chi connectivity index (χ3v) is 70.0. The third kappa shape index (κ3) is 6.11. The Hall–Kier alpha value is -2.55. The molecule has 2 heteroatoms. The molecule has 0 nitrogen and oxygen atoms in total. The number of fused-ring (bicyclic) bond motifs is 2. The zero-order valence-electron chi connectivity index (χ0n) is 33.4. The Kier molecular flexibility index (Phi) is 9.34. The average molecular weight is 870 g/mol. The van der Waals surface area contributed by atoms with E-state index in [0.717, 1.165) is 11.1 Å². The monoisotopic (exact) mass is 870 g/mol. The van der Waals surface area contributed by atoms with Gasteiger partial charge in [-0.15, -0.1) is 0 Å². The molecule has 0 amide bonds. The summed E-state index contributed by atoms with van der Waals surface area (Å²) < 4.78 is 7.24. The number of hydrogen-bond donors (Lipinski definition) is 0. The standard InChI is InChI=1S/2C19H19.C10H18Si.2CH3.Hf/c2*1-19(2,3)16-10-4-9-15(13-16)18-12-6-8-14-7-5-11-17(14)18;1-2-6-9(5-1)11-10-7-3-4-8-10;;;/h2*4-13H,1-3H3;9-10H,1-8H2;2*1H3;. The van der Waals surface area contributed by atoms with E-state index in [9.17, 15) is 0 Å². The van der Waals surface area contributed by atoms with Crippen LogP contribution >= 0.6 is 0 Å². The van der Waals surface area contributed by atoms with E-state index in [1.165, 1.54) is 95.9 Å². The summed E-state index contributed by atoms with van der Waals surface area (Å²) in [4.78, 5) is 0. The van der Waals surface area contributed by atoms with Crippen LogP contribution in [0.5, 0.6) is 0 Å². The van der Waals surface area contributed by atoms with Gasteiger partial charge in [-0.3, -0.25) is 0 Å². The summed E-state index contributed by atoms with van der Waals surface area (Å²) in [6.45, 7) is 14.0. The van der Waals surface area contributed by atoms with Crippen LogP contribution in [0.15, 0.2) is 97.1 Å². The molecule has 2 saturated carbocycles. The van der Waals surface area contributed by atoms with Crippen molar-refractivity contribution in [1.82, 2.24) is 0 Å². The van der Waals surface area contributed by atoms with Crippen molar-refractivity contribution in [3.8, 4) is 22.3 Å². The van der Waals surface area contributed by atoms with E-state index < -0.39 is 22.6 Å². The van der Waals surface area contributed by atoms with Gasteiger partial charge in [0.2, 0.25) is 0 Å². The van der Waals surface area contributed by atoms with Crippen LogP contribution in [0.1, 0.15) is 134 Å². The summed E-state index contributed by atoms with van der Waals surface area (Å²) in [5, 5.41) is 0. The van der Waals surface area contributed by atoms with Crippen LogP contribution < -0.4 is 0 Å². The molecule has 0 radical (unpaired) electrons. The molecule has 2 atom stereocenters. The molecule has 4 aromatic carbocycles. The zero-order valence-corrected chi connectivity index (χ0v) is 38.0. The molecule has 2 unspecified atom stereocenters. The predicted molar refractivity (Wildman–Crippen MR) is 227 cm³/mol. The van der Waals surface area contributed by atoms with Crippen LogP contribution in [0.25, 0.3) is 34.4 Å². The fourth-order valence-corrected chi connectivity index (χ4v) is 78.6. The van der Waals surface area contributed by atoms with Gasteiger partial charge in [-0.2, -0.15) is 0 Å². The number of rotatable bonds is 6. The Morgan fingerprint density at radius 3 is 1.29 bits per heavy atom. The second-order valence-corrected chi connectivity index (χ2v) is 64.9. The molecule has 0 aliphatic heterocycles. The average Bonchev–Trinajstić information content (AvgIpc) is 3.95. The topological polar surface area (TPSA) is 0 Å².